The SMILES string of the molecule is COC(=O)c1[nH]c2cccc(OC)c2c1NC(=O)C(C)N1CCN(c2ccccc2OC)CC1. The third-order valence-electron chi connectivity index (χ3n) is 6.31. The summed E-state index contributed by atoms with van der Waals surface area (Å²) < 4.78 is 15.9. The van der Waals surface area contributed by atoms with Crippen molar-refractivity contribution in [3.63, 3.8) is 0 Å². The first-order chi connectivity index (χ1) is 16.5. The lowest BCUT2D eigenvalue weighted by atomic mass is 10.1. The summed E-state index contributed by atoms with van der Waals surface area (Å²) >= 11 is 0. The van der Waals surface area contributed by atoms with Crippen LogP contribution in [0.4, 0.5) is 11.4 Å². The summed E-state index contributed by atoms with van der Waals surface area (Å²) in [6, 6.07) is 13.0. The van der Waals surface area contributed by atoms with E-state index in [4.69, 9.17) is 14.2 Å². The molecule has 0 radical (unpaired) electrons. The number of nitrogens with zero attached hydrogens (tertiary/aromatic N) is 2. The van der Waals surface area contributed by atoms with Crippen molar-refractivity contribution in [2.75, 3.05) is 57.7 Å². The smallest absolute Gasteiger partial charge is 0.356 e. The number of H-pyrrole nitrogens is 1. The van der Waals surface area contributed by atoms with Crippen LogP contribution in [0, 0.1) is 0 Å². The van der Waals surface area contributed by atoms with E-state index in [1.165, 1.54) is 7.11 Å². The molecule has 9 heteroatoms. The lowest BCUT2D eigenvalue weighted by Crippen LogP contribution is -2.53. The van der Waals surface area contributed by atoms with Gasteiger partial charge in [-0.05, 0) is 31.2 Å². The normalized spacial score (nSPS) is 15.1. The first kappa shape index (κ1) is 23.4. The number of amides is 1. The van der Waals surface area contributed by atoms with Crippen molar-refractivity contribution in [1.82, 2.24) is 9.88 Å². The van der Waals surface area contributed by atoms with Crippen LogP contribution in [0.1, 0.15) is 17.4 Å². The highest BCUT2D eigenvalue weighted by molar-refractivity contribution is 6.13. The molecule has 0 saturated carbocycles. The minimum Gasteiger partial charge on any atom is -0.496 e. The van der Waals surface area contributed by atoms with Gasteiger partial charge in [0.05, 0.1) is 49.6 Å². The van der Waals surface area contributed by atoms with Gasteiger partial charge in [-0.2, -0.15) is 0 Å². The number of benzene rings is 2. The largest absolute Gasteiger partial charge is 0.496 e. The zero-order chi connectivity index (χ0) is 24.2. The maximum absolute atomic E-state index is 13.3. The van der Waals surface area contributed by atoms with Gasteiger partial charge < -0.3 is 29.4 Å². The van der Waals surface area contributed by atoms with Gasteiger partial charge in [0.2, 0.25) is 5.91 Å². The Morgan fingerprint density at radius 1 is 0.941 bits per heavy atom. The van der Waals surface area contributed by atoms with Crippen molar-refractivity contribution < 1.29 is 23.8 Å². The summed E-state index contributed by atoms with van der Waals surface area (Å²) in [5.41, 5.74) is 2.27. The van der Waals surface area contributed by atoms with Crippen molar-refractivity contribution in [2.45, 2.75) is 13.0 Å². The van der Waals surface area contributed by atoms with Gasteiger partial charge in [-0.15, -0.1) is 0 Å². The quantitative estimate of drug-likeness (QED) is 0.517. The van der Waals surface area contributed by atoms with Crippen molar-refractivity contribution in [3.8, 4) is 11.5 Å². The Balaban J connectivity index is 1.51. The van der Waals surface area contributed by atoms with E-state index in [1.54, 1.807) is 20.3 Å². The molecule has 180 valence electrons. The summed E-state index contributed by atoms with van der Waals surface area (Å²) in [5.74, 6) is 0.622. The molecule has 0 bridgehead atoms. The van der Waals surface area contributed by atoms with Gasteiger partial charge in [-0.3, -0.25) is 9.69 Å². The van der Waals surface area contributed by atoms with Gasteiger partial charge in [0.1, 0.15) is 17.2 Å². The number of carbonyl (C=O) groups excluding carboxylic acids is 2. The van der Waals surface area contributed by atoms with Gasteiger partial charge in [0, 0.05) is 26.2 Å². The van der Waals surface area contributed by atoms with Gasteiger partial charge in [0.25, 0.3) is 0 Å². The molecule has 0 spiro atoms. The number of aromatic nitrogens is 1. The number of piperazine rings is 1. The molecule has 1 atom stereocenters. The van der Waals surface area contributed by atoms with Crippen LogP contribution in [-0.4, -0.2) is 75.3 Å². The number of carbonyl (C=O) groups is 2. The summed E-state index contributed by atoms with van der Waals surface area (Å²) in [6.07, 6.45) is 0. The maximum Gasteiger partial charge on any atom is 0.356 e. The molecular weight excluding hydrogens is 436 g/mol. The Labute approximate surface area is 198 Å². The van der Waals surface area contributed by atoms with Crippen molar-refractivity contribution in [3.05, 3.63) is 48.2 Å². The molecule has 1 aliphatic rings. The number of nitrogens with one attached hydrogen (secondary N) is 2. The van der Waals surface area contributed by atoms with E-state index >= 15 is 0 Å². The molecule has 3 aromatic rings. The van der Waals surface area contributed by atoms with Crippen molar-refractivity contribution in [2.24, 2.45) is 0 Å². The molecule has 1 saturated heterocycles. The molecule has 1 aliphatic heterocycles. The number of aromatic amines is 1. The van der Waals surface area contributed by atoms with Crippen LogP contribution < -0.4 is 19.7 Å². The first-order valence-corrected chi connectivity index (χ1v) is 11.2. The van der Waals surface area contributed by atoms with E-state index in [1.807, 2.05) is 43.3 Å². The minimum absolute atomic E-state index is 0.184. The third kappa shape index (κ3) is 4.38. The zero-order valence-electron chi connectivity index (χ0n) is 19.9. The Bertz CT molecular complexity index is 1180. The Kier molecular flexibility index (Phi) is 6.93. The molecule has 2 heterocycles. The summed E-state index contributed by atoms with van der Waals surface area (Å²) in [6.45, 7) is 4.85. The fraction of sp³-hybridized carbons (Fsp3) is 0.360. The van der Waals surface area contributed by atoms with Gasteiger partial charge >= 0.3 is 5.97 Å². The minimum atomic E-state index is -0.563. The second kappa shape index (κ2) is 10.0. The molecule has 9 nitrogen and oxygen atoms in total. The van der Waals surface area contributed by atoms with Gasteiger partial charge in [-0.1, -0.05) is 18.2 Å². The van der Waals surface area contributed by atoms with Crippen molar-refractivity contribution in [1.29, 1.82) is 0 Å². The van der Waals surface area contributed by atoms with Crippen molar-refractivity contribution >= 4 is 34.2 Å². The number of rotatable bonds is 7. The van der Waals surface area contributed by atoms with Crippen LogP contribution in [0.15, 0.2) is 42.5 Å². The maximum atomic E-state index is 13.3. The fourth-order valence-electron chi connectivity index (χ4n) is 4.40. The number of esters is 1. The number of hydrogen-bond donors (Lipinski definition) is 2. The van der Waals surface area contributed by atoms with Gasteiger partial charge in [0.15, 0.2) is 0 Å². The van der Waals surface area contributed by atoms with Gasteiger partial charge in [-0.25, -0.2) is 4.79 Å². The second-order valence-corrected chi connectivity index (χ2v) is 8.11. The number of anilines is 2. The van der Waals surface area contributed by atoms with E-state index in [-0.39, 0.29) is 11.6 Å². The first-order valence-electron chi connectivity index (χ1n) is 11.2. The average molecular weight is 467 g/mol. The number of hydrogen-bond acceptors (Lipinski definition) is 7. The topological polar surface area (TPSA) is 96.1 Å². The molecule has 34 heavy (non-hydrogen) atoms. The third-order valence-corrected chi connectivity index (χ3v) is 6.31. The van der Waals surface area contributed by atoms with E-state index in [2.05, 4.69) is 20.1 Å². The molecule has 1 aromatic heterocycles. The molecular formula is C25H30N4O5. The lowest BCUT2D eigenvalue weighted by Gasteiger charge is -2.38. The molecule has 1 amide bonds. The molecule has 2 aromatic carbocycles. The van der Waals surface area contributed by atoms with E-state index < -0.39 is 12.0 Å². The number of para-hydroxylation sites is 2. The van der Waals surface area contributed by atoms with Crippen LogP contribution in [-0.2, 0) is 9.53 Å². The predicted molar refractivity (Wildman–Crippen MR) is 131 cm³/mol. The molecule has 0 aliphatic carbocycles. The summed E-state index contributed by atoms with van der Waals surface area (Å²) in [7, 11) is 4.53. The monoisotopic (exact) mass is 466 g/mol. The Hall–Kier alpha value is -3.72. The highest BCUT2D eigenvalue weighted by Gasteiger charge is 2.29. The lowest BCUT2D eigenvalue weighted by molar-refractivity contribution is -0.120. The number of methoxy groups -OCH3 is 3. The predicted octanol–water partition coefficient (Wildman–Crippen LogP) is 3.12. The van der Waals surface area contributed by atoms with Crippen LogP contribution in [0.25, 0.3) is 10.9 Å². The molecule has 4 rings (SSSR count). The van der Waals surface area contributed by atoms with E-state index in [9.17, 15) is 9.59 Å². The highest BCUT2D eigenvalue weighted by atomic mass is 16.5. The second-order valence-electron chi connectivity index (χ2n) is 8.11. The van der Waals surface area contributed by atoms with Crippen LogP contribution in [0.5, 0.6) is 11.5 Å². The Morgan fingerprint density at radius 3 is 2.29 bits per heavy atom. The average Bonchev–Trinajstić information content (AvgIpc) is 3.26. The number of ether oxygens (including phenoxy) is 3. The number of fused-ring (bicyclic) bond motifs is 1. The summed E-state index contributed by atoms with van der Waals surface area (Å²) in [5, 5.41) is 3.59. The molecule has 1 unspecified atom stereocenters. The van der Waals surface area contributed by atoms with Crippen LogP contribution in [0.2, 0.25) is 0 Å². The fourth-order valence-corrected chi connectivity index (χ4v) is 4.40. The van der Waals surface area contributed by atoms with E-state index in [0.717, 1.165) is 24.5 Å². The van der Waals surface area contributed by atoms with Crippen LogP contribution >= 0.6 is 0 Å². The van der Waals surface area contributed by atoms with Crippen LogP contribution in [0.3, 0.4) is 0 Å². The molecule has 2 N–H and O–H groups in total. The highest BCUT2D eigenvalue weighted by Crippen LogP contribution is 2.36. The standard InChI is InChI=1S/C25H30N4O5/c1-16(28-12-14-29(15-13-28)18-9-5-6-10-19(18)32-2)24(30)27-22-21-17(8-7-11-20(21)33-3)26-23(22)25(31)34-4/h5-11,16,26H,12-15H2,1-4H3,(H,27,30). The zero-order valence-corrected chi connectivity index (χ0v) is 19.9. The molecule has 1 fully saturated rings. The Morgan fingerprint density at radius 2 is 1.62 bits per heavy atom. The van der Waals surface area contributed by atoms with E-state index in [0.29, 0.717) is 35.4 Å². The summed E-state index contributed by atoms with van der Waals surface area (Å²) in [4.78, 5) is 33.1.